The predicted molar refractivity (Wildman–Crippen MR) is 95.3 cm³/mol. The molecule has 0 spiro atoms. The summed E-state index contributed by atoms with van der Waals surface area (Å²) in [6.45, 7) is 3.21. The van der Waals surface area contributed by atoms with Gasteiger partial charge in [-0.05, 0) is 66.6 Å². The highest BCUT2D eigenvalue weighted by Gasteiger charge is 2.18. The molecular formula is C19H23NO2S. The number of benzene rings is 2. The lowest BCUT2D eigenvalue weighted by Gasteiger charge is -2.14. The van der Waals surface area contributed by atoms with Crippen molar-refractivity contribution in [2.75, 3.05) is 19.9 Å². The lowest BCUT2D eigenvalue weighted by molar-refractivity contribution is 0.280. The number of phenolic OH excluding ortho intramolecular Hbond substituents is 1. The van der Waals surface area contributed by atoms with E-state index < -0.39 is 0 Å². The van der Waals surface area contributed by atoms with E-state index in [-0.39, 0.29) is 5.75 Å². The van der Waals surface area contributed by atoms with E-state index in [4.69, 9.17) is 4.74 Å². The number of ether oxygens (including phenoxy) is 1. The third-order valence-corrected chi connectivity index (χ3v) is 5.11. The minimum Gasteiger partial charge on any atom is -0.504 e. The second-order valence-corrected chi connectivity index (χ2v) is 6.83. The van der Waals surface area contributed by atoms with Crippen LogP contribution in [0.15, 0.2) is 41.3 Å². The molecule has 0 aromatic heterocycles. The second kappa shape index (κ2) is 7.28. The normalized spacial score (nSPS) is 14.0. The van der Waals surface area contributed by atoms with E-state index in [0.29, 0.717) is 5.75 Å². The van der Waals surface area contributed by atoms with Gasteiger partial charge in [-0.15, -0.1) is 11.8 Å². The zero-order valence-electron chi connectivity index (χ0n) is 13.7. The average Bonchev–Trinajstić information content (AvgIpc) is 2.98. The van der Waals surface area contributed by atoms with Crippen molar-refractivity contribution in [2.45, 2.75) is 30.8 Å². The van der Waals surface area contributed by atoms with Crippen molar-refractivity contribution >= 4 is 11.8 Å². The van der Waals surface area contributed by atoms with E-state index >= 15 is 0 Å². The maximum Gasteiger partial charge on any atom is 0.160 e. The zero-order valence-corrected chi connectivity index (χ0v) is 14.5. The van der Waals surface area contributed by atoms with Gasteiger partial charge in [0.05, 0.1) is 7.11 Å². The molecule has 3 nitrogen and oxygen atoms in total. The van der Waals surface area contributed by atoms with Crippen molar-refractivity contribution < 1.29 is 9.84 Å². The molecule has 1 aliphatic heterocycles. The van der Waals surface area contributed by atoms with E-state index in [1.807, 2.05) is 12.1 Å². The molecule has 4 heteroatoms. The van der Waals surface area contributed by atoms with Crippen LogP contribution in [0.25, 0.3) is 0 Å². The van der Waals surface area contributed by atoms with Crippen molar-refractivity contribution in [3.05, 3.63) is 53.1 Å². The predicted octanol–water partition coefficient (Wildman–Crippen LogP) is 4.07. The van der Waals surface area contributed by atoms with Crippen molar-refractivity contribution in [2.24, 2.45) is 0 Å². The van der Waals surface area contributed by atoms with Crippen molar-refractivity contribution in [3.8, 4) is 11.5 Å². The summed E-state index contributed by atoms with van der Waals surface area (Å²) in [6, 6.07) is 12.4. The lowest BCUT2D eigenvalue weighted by atomic mass is 10.1. The van der Waals surface area contributed by atoms with Crippen molar-refractivity contribution in [3.63, 3.8) is 0 Å². The van der Waals surface area contributed by atoms with Crippen LogP contribution in [-0.4, -0.2) is 29.9 Å². The Morgan fingerprint density at radius 1 is 1.13 bits per heavy atom. The third kappa shape index (κ3) is 3.82. The van der Waals surface area contributed by atoms with Gasteiger partial charge in [-0.1, -0.05) is 12.1 Å². The summed E-state index contributed by atoms with van der Waals surface area (Å²) < 4.78 is 5.17. The fraction of sp³-hybridized carbons (Fsp3) is 0.368. The van der Waals surface area contributed by atoms with E-state index in [1.165, 1.54) is 21.6 Å². The monoisotopic (exact) mass is 329 g/mol. The zero-order chi connectivity index (χ0) is 16.2. The minimum absolute atomic E-state index is 0.204. The largest absolute Gasteiger partial charge is 0.504 e. The Bertz CT molecular complexity index is 687. The highest BCUT2D eigenvalue weighted by atomic mass is 32.2. The molecule has 0 radical (unpaired) electrons. The molecule has 23 heavy (non-hydrogen) atoms. The number of thioether (sulfide) groups is 1. The lowest BCUT2D eigenvalue weighted by Crippen LogP contribution is -2.18. The van der Waals surface area contributed by atoms with Crippen LogP contribution in [0, 0.1) is 0 Å². The fourth-order valence-electron chi connectivity index (χ4n) is 3.11. The number of methoxy groups -OCH3 is 1. The first-order valence-electron chi connectivity index (χ1n) is 7.93. The highest BCUT2D eigenvalue weighted by molar-refractivity contribution is 7.98. The van der Waals surface area contributed by atoms with Crippen molar-refractivity contribution in [1.82, 2.24) is 4.90 Å². The quantitative estimate of drug-likeness (QED) is 0.810. The van der Waals surface area contributed by atoms with E-state index in [2.05, 4.69) is 29.4 Å². The van der Waals surface area contributed by atoms with Gasteiger partial charge >= 0.3 is 0 Å². The minimum atomic E-state index is 0.204. The number of fused-ring (bicyclic) bond motifs is 1. The third-order valence-electron chi connectivity index (χ3n) is 4.39. The Labute approximate surface area is 142 Å². The molecule has 2 aromatic carbocycles. The van der Waals surface area contributed by atoms with Gasteiger partial charge in [-0.25, -0.2) is 0 Å². The van der Waals surface area contributed by atoms with Crippen LogP contribution >= 0.6 is 11.8 Å². The molecule has 3 rings (SSSR count). The first-order valence-corrected chi connectivity index (χ1v) is 9.16. The van der Waals surface area contributed by atoms with Crippen LogP contribution in [0.1, 0.15) is 23.1 Å². The number of aromatic hydroxyl groups is 1. The molecule has 0 atom stereocenters. The number of aryl methyl sites for hydroxylation is 1. The summed E-state index contributed by atoms with van der Waals surface area (Å²) in [5.74, 6) is 0.761. The molecule has 0 fully saturated rings. The van der Waals surface area contributed by atoms with Crippen LogP contribution in [0.4, 0.5) is 0 Å². The number of hydrogen-bond acceptors (Lipinski definition) is 4. The molecule has 0 unspecified atom stereocenters. The second-order valence-electron chi connectivity index (χ2n) is 5.96. The molecule has 0 saturated heterocycles. The Hall–Kier alpha value is -1.65. The van der Waals surface area contributed by atoms with Crippen LogP contribution in [0.3, 0.4) is 0 Å². The number of nitrogens with zero attached hydrogens (tertiary/aromatic N) is 1. The van der Waals surface area contributed by atoms with Gasteiger partial charge in [0.25, 0.3) is 0 Å². The smallest absolute Gasteiger partial charge is 0.160 e. The number of rotatable bonds is 6. The summed E-state index contributed by atoms with van der Waals surface area (Å²) >= 11 is 1.80. The van der Waals surface area contributed by atoms with Crippen LogP contribution in [0.2, 0.25) is 0 Å². The molecule has 122 valence electrons. The summed E-state index contributed by atoms with van der Waals surface area (Å²) in [7, 11) is 1.59. The average molecular weight is 329 g/mol. The van der Waals surface area contributed by atoms with Gasteiger partial charge in [0.1, 0.15) is 0 Å². The molecule has 1 aliphatic rings. The van der Waals surface area contributed by atoms with Crippen LogP contribution in [-0.2, 0) is 19.5 Å². The standard InChI is InChI=1S/C19H23NO2S/c1-22-19-10-14(5-8-18(19)21)4-3-9-20-12-15-6-7-17(23-2)11-16(15)13-20/h5-8,10-11,21H,3-4,9,12-13H2,1-2H3. The maximum atomic E-state index is 9.64. The summed E-state index contributed by atoms with van der Waals surface area (Å²) in [4.78, 5) is 3.86. The number of hydrogen-bond donors (Lipinski definition) is 1. The van der Waals surface area contributed by atoms with Gasteiger partial charge < -0.3 is 9.84 Å². The Balaban J connectivity index is 1.52. The van der Waals surface area contributed by atoms with Gasteiger partial charge in [0, 0.05) is 18.0 Å². The molecule has 2 aromatic rings. The molecule has 0 saturated carbocycles. The summed E-state index contributed by atoms with van der Waals surface area (Å²) in [5.41, 5.74) is 4.15. The first kappa shape index (κ1) is 16.2. The molecule has 0 bridgehead atoms. The molecule has 1 heterocycles. The summed E-state index contributed by atoms with van der Waals surface area (Å²) in [6.07, 6.45) is 4.23. The van der Waals surface area contributed by atoms with Crippen molar-refractivity contribution in [1.29, 1.82) is 0 Å². The topological polar surface area (TPSA) is 32.7 Å². The van der Waals surface area contributed by atoms with Gasteiger partial charge in [-0.2, -0.15) is 0 Å². The number of phenols is 1. The summed E-state index contributed by atoms with van der Waals surface area (Å²) in [5, 5.41) is 9.64. The van der Waals surface area contributed by atoms with E-state index in [1.54, 1.807) is 24.9 Å². The first-order chi connectivity index (χ1) is 11.2. The Morgan fingerprint density at radius 2 is 1.96 bits per heavy atom. The Morgan fingerprint density at radius 3 is 2.74 bits per heavy atom. The fourth-order valence-corrected chi connectivity index (χ4v) is 3.58. The maximum absolute atomic E-state index is 9.64. The van der Waals surface area contributed by atoms with Crippen LogP contribution in [0.5, 0.6) is 11.5 Å². The van der Waals surface area contributed by atoms with Gasteiger partial charge in [0.15, 0.2) is 11.5 Å². The van der Waals surface area contributed by atoms with Crippen LogP contribution < -0.4 is 4.74 Å². The molecule has 0 aliphatic carbocycles. The SMILES string of the molecule is COc1cc(CCCN2Cc3ccc(SC)cc3C2)ccc1O. The van der Waals surface area contributed by atoms with Gasteiger partial charge in [0.2, 0.25) is 0 Å². The Kier molecular flexibility index (Phi) is 5.13. The highest BCUT2D eigenvalue weighted by Crippen LogP contribution is 2.28. The molecule has 1 N–H and O–H groups in total. The van der Waals surface area contributed by atoms with Gasteiger partial charge in [-0.3, -0.25) is 4.90 Å². The van der Waals surface area contributed by atoms with E-state index in [0.717, 1.165) is 32.5 Å². The molecular weight excluding hydrogens is 306 g/mol. The van der Waals surface area contributed by atoms with E-state index in [9.17, 15) is 5.11 Å². The molecule has 0 amide bonds.